The Morgan fingerprint density at radius 1 is 1.46 bits per heavy atom. The van der Waals surface area contributed by atoms with Gasteiger partial charge in [0, 0.05) is 18.8 Å². The Labute approximate surface area is 87.2 Å². The molecular weight excluding hydrogens is 180 g/mol. The minimum Gasteiger partial charge on any atom is -0.330 e. The third-order valence-corrected chi connectivity index (χ3v) is 2.87. The Kier molecular flexibility index (Phi) is 9.03. The molecule has 2 nitrogen and oxygen atoms in total. The van der Waals surface area contributed by atoms with Crippen molar-refractivity contribution < 1.29 is 0 Å². The summed E-state index contributed by atoms with van der Waals surface area (Å²) in [6.07, 6.45) is 4.67. The van der Waals surface area contributed by atoms with Crippen molar-refractivity contribution in [1.29, 1.82) is 0 Å². The molecule has 1 atom stereocenters. The van der Waals surface area contributed by atoms with Crippen molar-refractivity contribution in [3.05, 3.63) is 0 Å². The monoisotopic (exact) mass is 204 g/mol. The maximum Gasteiger partial charge on any atom is 0.00693 e. The third kappa shape index (κ3) is 7.35. The SMILES string of the molecule is CCCC(CN)CN(C)CCSC. The van der Waals surface area contributed by atoms with Crippen molar-refractivity contribution in [2.24, 2.45) is 11.7 Å². The Bertz CT molecular complexity index is 109. The molecule has 0 aromatic carbocycles. The second kappa shape index (κ2) is 8.85. The molecule has 0 aromatic rings. The van der Waals surface area contributed by atoms with Gasteiger partial charge in [0.1, 0.15) is 0 Å². The lowest BCUT2D eigenvalue weighted by molar-refractivity contribution is 0.283. The van der Waals surface area contributed by atoms with E-state index in [9.17, 15) is 0 Å². The average Bonchev–Trinajstić information content (AvgIpc) is 2.14. The van der Waals surface area contributed by atoms with E-state index in [4.69, 9.17) is 5.73 Å². The van der Waals surface area contributed by atoms with Crippen LogP contribution in [0.5, 0.6) is 0 Å². The molecule has 0 radical (unpaired) electrons. The average molecular weight is 204 g/mol. The fourth-order valence-corrected chi connectivity index (χ4v) is 1.97. The maximum absolute atomic E-state index is 5.70. The minimum atomic E-state index is 0.692. The highest BCUT2D eigenvalue weighted by Gasteiger charge is 2.08. The lowest BCUT2D eigenvalue weighted by Gasteiger charge is -2.22. The van der Waals surface area contributed by atoms with Crippen molar-refractivity contribution >= 4 is 11.8 Å². The molecule has 0 bridgehead atoms. The van der Waals surface area contributed by atoms with Gasteiger partial charge in [0.25, 0.3) is 0 Å². The van der Waals surface area contributed by atoms with Gasteiger partial charge in [-0.1, -0.05) is 13.3 Å². The summed E-state index contributed by atoms with van der Waals surface area (Å²) in [5, 5.41) is 0. The van der Waals surface area contributed by atoms with Crippen molar-refractivity contribution in [3.63, 3.8) is 0 Å². The van der Waals surface area contributed by atoms with Gasteiger partial charge in [0.05, 0.1) is 0 Å². The van der Waals surface area contributed by atoms with Crippen LogP contribution in [0.15, 0.2) is 0 Å². The highest BCUT2D eigenvalue weighted by Crippen LogP contribution is 2.06. The smallest absolute Gasteiger partial charge is 0.00693 e. The predicted molar refractivity (Wildman–Crippen MR) is 63.3 cm³/mol. The summed E-state index contributed by atoms with van der Waals surface area (Å²) in [5.41, 5.74) is 5.70. The molecule has 80 valence electrons. The molecule has 0 heterocycles. The second-order valence-corrected chi connectivity index (χ2v) is 4.63. The van der Waals surface area contributed by atoms with E-state index in [0.717, 1.165) is 13.1 Å². The van der Waals surface area contributed by atoms with Crippen LogP contribution in [-0.4, -0.2) is 43.6 Å². The van der Waals surface area contributed by atoms with E-state index >= 15 is 0 Å². The summed E-state index contributed by atoms with van der Waals surface area (Å²) >= 11 is 1.91. The molecule has 0 amide bonds. The summed E-state index contributed by atoms with van der Waals surface area (Å²) in [6, 6.07) is 0. The summed E-state index contributed by atoms with van der Waals surface area (Å²) < 4.78 is 0. The molecule has 0 aliphatic heterocycles. The summed E-state index contributed by atoms with van der Waals surface area (Å²) in [5.74, 6) is 1.91. The van der Waals surface area contributed by atoms with Crippen molar-refractivity contribution in [2.75, 3.05) is 38.7 Å². The van der Waals surface area contributed by atoms with E-state index in [1.807, 2.05) is 11.8 Å². The number of thioether (sulfide) groups is 1. The normalized spacial score (nSPS) is 13.6. The maximum atomic E-state index is 5.70. The molecule has 0 aromatic heterocycles. The molecule has 0 fully saturated rings. The molecular formula is C10H24N2S. The molecule has 13 heavy (non-hydrogen) atoms. The highest BCUT2D eigenvalue weighted by molar-refractivity contribution is 7.98. The Morgan fingerprint density at radius 3 is 2.62 bits per heavy atom. The fourth-order valence-electron chi connectivity index (χ4n) is 1.47. The largest absolute Gasteiger partial charge is 0.330 e. The first-order valence-electron chi connectivity index (χ1n) is 5.12. The second-order valence-electron chi connectivity index (χ2n) is 3.65. The van der Waals surface area contributed by atoms with E-state index in [-0.39, 0.29) is 0 Å². The quantitative estimate of drug-likeness (QED) is 0.652. The number of hydrogen-bond acceptors (Lipinski definition) is 3. The Balaban J connectivity index is 3.53. The molecule has 0 rings (SSSR count). The molecule has 2 N–H and O–H groups in total. The molecule has 3 heteroatoms. The number of hydrogen-bond donors (Lipinski definition) is 1. The summed E-state index contributed by atoms with van der Waals surface area (Å²) in [4.78, 5) is 2.39. The van der Waals surface area contributed by atoms with Gasteiger partial charge in [0.2, 0.25) is 0 Å². The van der Waals surface area contributed by atoms with Crippen LogP contribution in [0.3, 0.4) is 0 Å². The van der Waals surface area contributed by atoms with E-state index in [1.165, 1.54) is 25.1 Å². The molecule has 0 saturated carbocycles. The number of nitrogens with zero attached hydrogens (tertiary/aromatic N) is 1. The van der Waals surface area contributed by atoms with Gasteiger partial charge in [-0.25, -0.2) is 0 Å². The first-order chi connectivity index (χ1) is 6.24. The zero-order valence-electron chi connectivity index (χ0n) is 9.25. The lowest BCUT2D eigenvalue weighted by atomic mass is 10.0. The van der Waals surface area contributed by atoms with Gasteiger partial charge in [-0.2, -0.15) is 11.8 Å². The number of nitrogens with two attached hydrogens (primary N) is 1. The zero-order valence-corrected chi connectivity index (χ0v) is 10.1. The van der Waals surface area contributed by atoms with Gasteiger partial charge in [-0.05, 0) is 32.2 Å². The molecule has 0 spiro atoms. The zero-order chi connectivity index (χ0) is 10.1. The van der Waals surface area contributed by atoms with Crippen LogP contribution in [0.1, 0.15) is 19.8 Å². The van der Waals surface area contributed by atoms with Gasteiger partial charge < -0.3 is 10.6 Å². The molecule has 0 aliphatic rings. The van der Waals surface area contributed by atoms with Crippen LogP contribution in [0.25, 0.3) is 0 Å². The minimum absolute atomic E-state index is 0.692. The Hall–Kier alpha value is 0.270. The van der Waals surface area contributed by atoms with Crippen LogP contribution in [-0.2, 0) is 0 Å². The molecule has 1 unspecified atom stereocenters. The summed E-state index contributed by atoms with van der Waals surface area (Å²) in [7, 11) is 2.19. The van der Waals surface area contributed by atoms with Crippen LogP contribution >= 0.6 is 11.8 Å². The predicted octanol–water partition coefficient (Wildman–Crippen LogP) is 1.66. The Morgan fingerprint density at radius 2 is 2.15 bits per heavy atom. The topological polar surface area (TPSA) is 29.3 Å². The third-order valence-electron chi connectivity index (χ3n) is 2.28. The van der Waals surface area contributed by atoms with Crippen molar-refractivity contribution in [1.82, 2.24) is 4.90 Å². The van der Waals surface area contributed by atoms with Gasteiger partial charge in [-0.3, -0.25) is 0 Å². The first-order valence-corrected chi connectivity index (χ1v) is 6.51. The van der Waals surface area contributed by atoms with Gasteiger partial charge in [0.15, 0.2) is 0 Å². The van der Waals surface area contributed by atoms with Crippen molar-refractivity contribution in [3.8, 4) is 0 Å². The van der Waals surface area contributed by atoms with Gasteiger partial charge >= 0.3 is 0 Å². The fraction of sp³-hybridized carbons (Fsp3) is 1.00. The van der Waals surface area contributed by atoms with Crippen LogP contribution in [0.2, 0.25) is 0 Å². The van der Waals surface area contributed by atoms with E-state index in [2.05, 4.69) is 25.1 Å². The van der Waals surface area contributed by atoms with E-state index in [0.29, 0.717) is 5.92 Å². The van der Waals surface area contributed by atoms with Crippen LogP contribution in [0, 0.1) is 5.92 Å². The molecule has 0 aliphatic carbocycles. The van der Waals surface area contributed by atoms with Crippen LogP contribution < -0.4 is 5.73 Å². The van der Waals surface area contributed by atoms with Gasteiger partial charge in [-0.15, -0.1) is 0 Å². The number of rotatable bonds is 8. The highest BCUT2D eigenvalue weighted by atomic mass is 32.2. The van der Waals surface area contributed by atoms with E-state index in [1.54, 1.807) is 0 Å². The lowest BCUT2D eigenvalue weighted by Crippen LogP contribution is -2.31. The van der Waals surface area contributed by atoms with Crippen LogP contribution in [0.4, 0.5) is 0 Å². The molecule has 0 saturated heterocycles. The summed E-state index contributed by atoms with van der Waals surface area (Å²) in [6.45, 7) is 5.40. The van der Waals surface area contributed by atoms with E-state index < -0.39 is 0 Å². The standard InChI is InChI=1S/C10H24N2S/c1-4-5-10(8-11)9-12(2)6-7-13-3/h10H,4-9,11H2,1-3H3. The van der Waals surface area contributed by atoms with Crippen molar-refractivity contribution in [2.45, 2.75) is 19.8 Å². The first kappa shape index (κ1) is 13.3.